The number of aromatic nitrogens is 2. The van der Waals surface area contributed by atoms with Crippen LogP contribution in [-0.2, 0) is 6.54 Å². The van der Waals surface area contributed by atoms with E-state index in [9.17, 15) is 4.79 Å². The van der Waals surface area contributed by atoms with Crippen molar-refractivity contribution < 1.29 is 28.2 Å². The minimum Gasteiger partial charge on any atom is -0.478 e. The third-order valence-corrected chi connectivity index (χ3v) is 8.23. The number of furan rings is 1. The molecule has 2 aromatic carbocycles. The lowest BCUT2D eigenvalue weighted by Gasteiger charge is -2.18. The van der Waals surface area contributed by atoms with E-state index >= 15 is 0 Å². The van der Waals surface area contributed by atoms with Crippen LogP contribution in [0.2, 0.25) is 19.6 Å². The minimum atomic E-state index is -1.54. The summed E-state index contributed by atoms with van der Waals surface area (Å²) in [6.07, 6.45) is 0. The van der Waals surface area contributed by atoms with Gasteiger partial charge in [0.2, 0.25) is 11.7 Å². The van der Waals surface area contributed by atoms with Crippen LogP contribution >= 0.6 is 0 Å². The van der Waals surface area contributed by atoms with Gasteiger partial charge in [-0.2, -0.15) is 9.97 Å². The first-order valence-electron chi connectivity index (χ1n) is 13.3. The van der Waals surface area contributed by atoms with E-state index in [0.717, 1.165) is 12.1 Å². The fraction of sp³-hybridized carbons (Fsp3) is 0.300. The lowest BCUT2D eigenvalue weighted by molar-refractivity contribution is 0.0683. The van der Waals surface area contributed by atoms with E-state index in [4.69, 9.17) is 23.4 Å². The molecule has 0 aliphatic carbocycles. The van der Waals surface area contributed by atoms with Gasteiger partial charge in [0.1, 0.15) is 5.75 Å². The number of benzene rings is 2. The molecule has 0 atom stereocenters. The second-order valence-corrected chi connectivity index (χ2v) is 15.4. The van der Waals surface area contributed by atoms with Crippen LogP contribution in [0.4, 0.5) is 5.95 Å². The molecule has 11 heteroatoms. The third-order valence-electron chi connectivity index (χ3n) is 6.19. The largest absolute Gasteiger partial charge is 0.478 e. The van der Waals surface area contributed by atoms with Crippen LogP contribution in [0.1, 0.15) is 21.7 Å². The lowest BCUT2D eigenvalue weighted by Crippen LogP contribution is -2.37. The van der Waals surface area contributed by atoms with E-state index in [1.807, 2.05) is 37.3 Å². The lowest BCUT2D eigenvalue weighted by atomic mass is 10.2. The van der Waals surface area contributed by atoms with Crippen LogP contribution in [0.3, 0.4) is 0 Å². The van der Waals surface area contributed by atoms with Gasteiger partial charge in [0, 0.05) is 25.7 Å². The van der Waals surface area contributed by atoms with Gasteiger partial charge < -0.3 is 34.0 Å². The van der Waals surface area contributed by atoms with E-state index in [1.54, 1.807) is 6.07 Å². The third kappa shape index (κ3) is 7.86. The molecule has 0 aliphatic rings. The molecule has 0 unspecified atom stereocenters. The summed E-state index contributed by atoms with van der Waals surface area (Å²) in [5.74, 6) is 0.277. The van der Waals surface area contributed by atoms with Gasteiger partial charge in [0.05, 0.1) is 22.3 Å². The topological polar surface area (TPSA) is 117 Å². The number of hydrogen-bond acceptors (Lipinski definition) is 10. The zero-order valence-corrected chi connectivity index (χ0v) is 25.2. The molecule has 0 fully saturated rings. The van der Waals surface area contributed by atoms with Crippen LogP contribution in [0.5, 0.6) is 29.2 Å². The molecule has 0 aliphatic heterocycles. The smallest absolute Gasteiger partial charge is 0.380 e. The van der Waals surface area contributed by atoms with Gasteiger partial charge in [-0.25, -0.2) is 4.79 Å². The predicted octanol–water partition coefficient (Wildman–Crippen LogP) is 5.15. The molecular weight excluding hydrogens is 540 g/mol. The van der Waals surface area contributed by atoms with E-state index < -0.39 is 14.0 Å². The number of aryl methyl sites for hydroxylation is 1. The van der Waals surface area contributed by atoms with E-state index in [0.29, 0.717) is 18.8 Å². The van der Waals surface area contributed by atoms with Gasteiger partial charge in [0.25, 0.3) is 23.5 Å². The number of nitrogens with one attached hydrogen (secondary N) is 2. The molecule has 10 nitrogen and oxygen atoms in total. The number of carbonyl (C=O) groups excluding carboxylic acids is 1. The SMILES string of the molecule is COc1nc(NCCNCc2ccccc2)nc(OC)c1OC(=O)c1ccc(Oc2cc([Si](C)(C)C)ccc2C)o1. The normalized spacial score (nSPS) is 11.2. The molecule has 2 aromatic heterocycles. The summed E-state index contributed by atoms with van der Waals surface area (Å²) in [7, 11) is 1.30. The van der Waals surface area contributed by atoms with Crippen molar-refractivity contribution in [1.82, 2.24) is 15.3 Å². The molecule has 216 valence electrons. The van der Waals surface area contributed by atoms with Crippen LogP contribution in [-0.4, -0.2) is 51.3 Å². The number of ether oxygens (including phenoxy) is 4. The maximum absolute atomic E-state index is 13.0. The zero-order valence-electron chi connectivity index (χ0n) is 24.2. The Kier molecular flexibility index (Phi) is 9.64. The molecule has 0 saturated carbocycles. The van der Waals surface area contributed by atoms with Crippen LogP contribution in [0.15, 0.2) is 65.1 Å². The first-order chi connectivity index (χ1) is 19.7. The first kappa shape index (κ1) is 29.6. The van der Waals surface area contributed by atoms with Crippen molar-refractivity contribution in [1.29, 1.82) is 0 Å². The highest BCUT2D eigenvalue weighted by molar-refractivity contribution is 6.88. The number of hydrogen-bond donors (Lipinski definition) is 2. The van der Waals surface area contributed by atoms with Gasteiger partial charge in [-0.1, -0.05) is 67.3 Å². The van der Waals surface area contributed by atoms with Gasteiger partial charge in [-0.3, -0.25) is 0 Å². The number of methoxy groups -OCH3 is 2. The monoisotopic (exact) mass is 576 g/mol. The van der Waals surface area contributed by atoms with Crippen molar-refractivity contribution in [2.75, 3.05) is 32.6 Å². The van der Waals surface area contributed by atoms with Crippen molar-refractivity contribution in [3.05, 3.63) is 77.6 Å². The molecule has 0 amide bonds. The molecule has 2 N–H and O–H groups in total. The average Bonchev–Trinajstić information content (AvgIpc) is 3.43. The van der Waals surface area contributed by atoms with E-state index in [-0.39, 0.29) is 35.2 Å². The molecule has 41 heavy (non-hydrogen) atoms. The molecule has 4 aromatic rings. The van der Waals surface area contributed by atoms with Gasteiger partial charge >= 0.3 is 5.97 Å². The average molecular weight is 577 g/mol. The zero-order chi connectivity index (χ0) is 29.4. The summed E-state index contributed by atoms with van der Waals surface area (Å²) in [5.41, 5.74) is 2.15. The van der Waals surface area contributed by atoms with Crippen LogP contribution < -0.4 is 34.8 Å². The number of anilines is 1. The molecule has 0 radical (unpaired) electrons. The van der Waals surface area contributed by atoms with Crippen molar-refractivity contribution in [3.63, 3.8) is 0 Å². The molecule has 0 spiro atoms. The van der Waals surface area contributed by atoms with Gasteiger partial charge in [-0.15, -0.1) is 0 Å². The summed E-state index contributed by atoms with van der Waals surface area (Å²) in [4.78, 5) is 21.6. The van der Waals surface area contributed by atoms with E-state index in [2.05, 4.69) is 58.4 Å². The van der Waals surface area contributed by atoms with Gasteiger partial charge in [0.15, 0.2) is 0 Å². The summed E-state index contributed by atoms with van der Waals surface area (Å²) < 4.78 is 27.9. The standard InChI is InChI=1S/C30H36N4O6Si/c1-20-12-13-22(41(4,5)6)18-24(20)39-25-15-14-23(38-25)29(35)40-26-27(36-2)33-30(34-28(26)37-3)32-17-16-31-19-21-10-8-7-9-11-21/h7-15,18,31H,16-17,19H2,1-6H3,(H,32,33,34). The number of nitrogens with zero attached hydrogens (tertiary/aromatic N) is 2. The van der Waals surface area contributed by atoms with Crippen molar-refractivity contribution >= 4 is 25.2 Å². The Hall–Kier alpha value is -4.35. The van der Waals surface area contributed by atoms with Crippen molar-refractivity contribution in [2.24, 2.45) is 0 Å². The molecule has 0 saturated heterocycles. The molecule has 2 heterocycles. The highest BCUT2D eigenvalue weighted by Gasteiger charge is 2.24. The Bertz CT molecular complexity index is 1440. The highest BCUT2D eigenvalue weighted by atomic mass is 28.3. The van der Waals surface area contributed by atoms with Crippen molar-refractivity contribution in [2.45, 2.75) is 33.1 Å². The number of esters is 1. The quantitative estimate of drug-likeness (QED) is 0.126. The Balaban J connectivity index is 1.40. The summed E-state index contributed by atoms with van der Waals surface area (Å²) in [5, 5.41) is 7.72. The Labute approximate surface area is 241 Å². The van der Waals surface area contributed by atoms with Crippen molar-refractivity contribution in [3.8, 4) is 29.2 Å². The van der Waals surface area contributed by atoms with Gasteiger partial charge in [-0.05, 0) is 30.2 Å². The summed E-state index contributed by atoms with van der Waals surface area (Å²) in [6.45, 7) is 10.7. The summed E-state index contributed by atoms with van der Waals surface area (Å²) >= 11 is 0. The Morgan fingerprint density at radius 1 is 0.927 bits per heavy atom. The molecule has 0 bridgehead atoms. The fourth-order valence-electron chi connectivity index (χ4n) is 3.86. The molecular formula is C30H36N4O6Si. The summed E-state index contributed by atoms with van der Waals surface area (Å²) in [6, 6.07) is 19.4. The number of rotatable bonds is 13. The van der Waals surface area contributed by atoms with Crippen LogP contribution in [0, 0.1) is 6.92 Å². The second-order valence-electron chi connectivity index (χ2n) is 10.3. The van der Waals surface area contributed by atoms with Crippen LogP contribution in [0.25, 0.3) is 0 Å². The minimum absolute atomic E-state index is 0.0340. The predicted molar refractivity (Wildman–Crippen MR) is 160 cm³/mol. The first-order valence-corrected chi connectivity index (χ1v) is 16.8. The second kappa shape index (κ2) is 13.3. The Morgan fingerprint density at radius 3 is 2.29 bits per heavy atom. The number of carbonyl (C=O) groups is 1. The maximum atomic E-state index is 13.0. The highest BCUT2D eigenvalue weighted by Crippen LogP contribution is 2.36. The fourth-order valence-corrected chi connectivity index (χ4v) is 5.00. The molecule has 4 rings (SSSR count). The van der Waals surface area contributed by atoms with E-state index in [1.165, 1.54) is 31.0 Å². The Morgan fingerprint density at radius 2 is 1.63 bits per heavy atom. The maximum Gasteiger partial charge on any atom is 0.380 e.